The molecule has 1 aromatic rings. The first-order valence-electron chi connectivity index (χ1n) is 5.33. The number of hydrogen-bond acceptors (Lipinski definition) is 2. The van der Waals surface area contributed by atoms with Crippen molar-refractivity contribution in [3.8, 4) is 0 Å². The minimum Gasteiger partial charge on any atom is -0.481 e. The van der Waals surface area contributed by atoms with Crippen molar-refractivity contribution in [3.05, 3.63) is 29.8 Å². The number of halogens is 3. The molecule has 100 valence electrons. The van der Waals surface area contributed by atoms with E-state index in [-0.39, 0.29) is 6.54 Å². The van der Waals surface area contributed by atoms with Crippen LogP contribution in [0.5, 0.6) is 0 Å². The number of nitrogens with zero attached hydrogens (tertiary/aromatic N) is 1. The topological polar surface area (TPSA) is 40.5 Å². The Morgan fingerprint density at radius 3 is 2.22 bits per heavy atom. The van der Waals surface area contributed by atoms with E-state index in [4.69, 9.17) is 5.11 Å². The van der Waals surface area contributed by atoms with Gasteiger partial charge in [0.05, 0.1) is 11.5 Å². The second-order valence-electron chi connectivity index (χ2n) is 4.16. The molecule has 0 saturated heterocycles. The van der Waals surface area contributed by atoms with Crippen LogP contribution in [0.1, 0.15) is 12.5 Å². The van der Waals surface area contributed by atoms with Gasteiger partial charge < -0.3 is 10.0 Å². The lowest BCUT2D eigenvalue weighted by molar-refractivity contribution is -0.140. The third-order valence-corrected chi connectivity index (χ3v) is 2.60. The molecule has 6 heteroatoms. The van der Waals surface area contributed by atoms with E-state index >= 15 is 0 Å². The van der Waals surface area contributed by atoms with Gasteiger partial charge in [0.1, 0.15) is 0 Å². The number of hydrogen-bond donors (Lipinski definition) is 1. The summed E-state index contributed by atoms with van der Waals surface area (Å²) in [7, 11) is 1.64. The van der Waals surface area contributed by atoms with E-state index in [2.05, 4.69) is 0 Å². The maximum atomic E-state index is 12.3. The Hall–Kier alpha value is -1.72. The monoisotopic (exact) mass is 261 g/mol. The number of alkyl halides is 3. The quantitative estimate of drug-likeness (QED) is 0.906. The Kier molecular flexibility index (Phi) is 4.21. The zero-order valence-corrected chi connectivity index (χ0v) is 10.0. The second kappa shape index (κ2) is 5.29. The van der Waals surface area contributed by atoms with Gasteiger partial charge in [-0.05, 0) is 24.3 Å². The predicted molar refractivity (Wildman–Crippen MR) is 61.5 cm³/mol. The molecule has 0 aliphatic carbocycles. The molecule has 1 unspecified atom stereocenters. The molecular formula is C12H14F3NO2. The molecule has 0 aliphatic rings. The SMILES string of the molecule is CC(CN(C)c1ccc(C(F)(F)F)cc1)C(=O)O. The number of anilines is 1. The minimum absolute atomic E-state index is 0.237. The average Bonchev–Trinajstić information content (AvgIpc) is 2.27. The molecule has 0 heterocycles. The Balaban J connectivity index is 2.76. The van der Waals surface area contributed by atoms with Crippen molar-refractivity contribution >= 4 is 11.7 Å². The van der Waals surface area contributed by atoms with Gasteiger partial charge in [-0.1, -0.05) is 6.92 Å². The van der Waals surface area contributed by atoms with Crippen molar-refractivity contribution in [2.24, 2.45) is 5.92 Å². The van der Waals surface area contributed by atoms with Gasteiger partial charge in [0.2, 0.25) is 0 Å². The third-order valence-electron chi connectivity index (χ3n) is 2.60. The second-order valence-corrected chi connectivity index (χ2v) is 4.16. The fourth-order valence-electron chi connectivity index (χ4n) is 1.50. The maximum Gasteiger partial charge on any atom is 0.416 e. The first-order valence-corrected chi connectivity index (χ1v) is 5.33. The van der Waals surface area contributed by atoms with Crippen molar-refractivity contribution in [2.45, 2.75) is 13.1 Å². The Labute approximate surface area is 103 Å². The Morgan fingerprint density at radius 2 is 1.83 bits per heavy atom. The Morgan fingerprint density at radius 1 is 1.33 bits per heavy atom. The van der Waals surface area contributed by atoms with Gasteiger partial charge in [0.25, 0.3) is 0 Å². The Bertz CT molecular complexity index is 414. The predicted octanol–water partition coefficient (Wildman–Crippen LogP) is 2.86. The van der Waals surface area contributed by atoms with Crippen molar-refractivity contribution in [1.82, 2.24) is 0 Å². The molecule has 0 bridgehead atoms. The van der Waals surface area contributed by atoms with E-state index in [0.717, 1.165) is 12.1 Å². The molecule has 1 rings (SSSR count). The molecule has 1 atom stereocenters. The van der Waals surface area contributed by atoms with Crippen molar-refractivity contribution in [3.63, 3.8) is 0 Å². The van der Waals surface area contributed by atoms with E-state index in [1.54, 1.807) is 18.9 Å². The van der Waals surface area contributed by atoms with Crippen LogP contribution in [0.3, 0.4) is 0 Å². The highest BCUT2D eigenvalue weighted by Gasteiger charge is 2.30. The highest BCUT2D eigenvalue weighted by molar-refractivity contribution is 5.70. The molecule has 0 radical (unpaired) electrons. The fourth-order valence-corrected chi connectivity index (χ4v) is 1.50. The van der Waals surface area contributed by atoms with E-state index in [1.165, 1.54) is 12.1 Å². The van der Waals surface area contributed by atoms with Crippen LogP contribution in [-0.2, 0) is 11.0 Å². The molecule has 0 aromatic heterocycles. The van der Waals surface area contributed by atoms with E-state index in [0.29, 0.717) is 5.69 Å². The molecule has 0 spiro atoms. The summed E-state index contributed by atoms with van der Waals surface area (Å²) in [5.74, 6) is -1.52. The van der Waals surface area contributed by atoms with Crippen LogP contribution in [0.25, 0.3) is 0 Å². The van der Waals surface area contributed by atoms with Gasteiger partial charge >= 0.3 is 12.1 Å². The van der Waals surface area contributed by atoms with E-state index < -0.39 is 23.6 Å². The summed E-state index contributed by atoms with van der Waals surface area (Å²) in [5, 5.41) is 8.75. The lowest BCUT2D eigenvalue weighted by Crippen LogP contribution is -2.28. The average molecular weight is 261 g/mol. The van der Waals surface area contributed by atoms with Gasteiger partial charge in [-0.25, -0.2) is 0 Å². The standard InChI is InChI=1S/C12H14F3NO2/c1-8(11(17)18)7-16(2)10-5-3-9(4-6-10)12(13,14)15/h3-6,8H,7H2,1-2H3,(H,17,18). The number of benzene rings is 1. The normalized spacial score (nSPS) is 13.2. The number of aliphatic carboxylic acids is 1. The number of carboxylic acids is 1. The summed E-state index contributed by atoms with van der Waals surface area (Å²) in [5.41, 5.74) is -0.165. The molecule has 0 fully saturated rings. The molecule has 0 saturated carbocycles. The van der Waals surface area contributed by atoms with Crippen LogP contribution in [0.4, 0.5) is 18.9 Å². The van der Waals surface area contributed by atoms with Crippen molar-refractivity contribution in [1.29, 1.82) is 0 Å². The van der Waals surface area contributed by atoms with Crippen LogP contribution in [0.2, 0.25) is 0 Å². The molecule has 0 aliphatic heterocycles. The van der Waals surface area contributed by atoms with E-state index in [9.17, 15) is 18.0 Å². The molecule has 1 N–H and O–H groups in total. The van der Waals surface area contributed by atoms with Crippen LogP contribution in [-0.4, -0.2) is 24.7 Å². The van der Waals surface area contributed by atoms with E-state index in [1.807, 2.05) is 0 Å². The molecule has 1 aromatic carbocycles. The third kappa shape index (κ3) is 3.65. The zero-order chi connectivity index (χ0) is 13.9. The van der Waals surface area contributed by atoms with Gasteiger partial charge in [-0.15, -0.1) is 0 Å². The lowest BCUT2D eigenvalue weighted by atomic mass is 10.1. The first-order chi connectivity index (χ1) is 8.21. The zero-order valence-electron chi connectivity index (χ0n) is 10.0. The van der Waals surface area contributed by atoms with Crippen molar-refractivity contribution < 1.29 is 23.1 Å². The van der Waals surface area contributed by atoms with Crippen LogP contribution >= 0.6 is 0 Å². The van der Waals surface area contributed by atoms with Gasteiger partial charge in [-0.2, -0.15) is 13.2 Å². The summed E-state index contributed by atoms with van der Waals surface area (Å²) in [6.07, 6.45) is -4.36. The largest absolute Gasteiger partial charge is 0.481 e. The summed E-state index contributed by atoms with van der Waals surface area (Å²) in [6, 6.07) is 4.63. The summed E-state index contributed by atoms with van der Waals surface area (Å²) >= 11 is 0. The highest BCUT2D eigenvalue weighted by atomic mass is 19.4. The van der Waals surface area contributed by atoms with Crippen LogP contribution in [0.15, 0.2) is 24.3 Å². The minimum atomic E-state index is -4.36. The number of rotatable bonds is 4. The van der Waals surface area contributed by atoms with Gasteiger partial charge in [-0.3, -0.25) is 4.79 Å². The lowest BCUT2D eigenvalue weighted by Gasteiger charge is -2.21. The number of carboxylic acid groups (broad SMARTS) is 1. The highest BCUT2D eigenvalue weighted by Crippen LogP contribution is 2.30. The summed E-state index contributed by atoms with van der Waals surface area (Å²) in [6.45, 7) is 1.78. The molecule has 3 nitrogen and oxygen atoms in total. The van der Waals surface area contributed by atoms with Crippen LogP contribution < -0.4 is 4.90 Å². The van der Waals surface area contributed by atoms with Crippen LogP contribution in [0, 0.1) is 5.92 Å². The fraction of sp³-hybridized carbons (Fsp3) is 0.417. The summed E-state index contributed by atoms with van der Waals surface area (Å²) in [4.78, 5) is 12.3. The number of carbonyl (C=O) groups is 1. The molecular weight excluding hydrogens is 247 g/mol. The summed E-state index contributed by atoms with van der Waals surface area (Å²) < 4.78 is 37.0. The van der Waals surface area contributed by atoms with Gasteiger partial charge in [0.15, 0.2) is 0 Å². The molecule has 18 heavy (non-hydrogen) atoms. The maximum absolute atomic E-state index is 12.3. The smallest absolute Gasteiger partial charge is 0.416 e. The van der Waals surface area contributed by atoms with Gasteiger partial charge in [0, 0.05) is 19.3 Å². The van der Waals surface area contributed by atoms with Crippen molar-refractivity contribution in [2.75, 3.05) is 18.5 Å². The first kappa shape index (κ1) is 14.3. The molecule has 0 amide bonds.